The first-order valence-electron chi connectivity index (χ1n) is 5.21. The van der Waals surface area contributed by atoms with Crippen LogP contribution in [-0.2, 0) is 0 Å². The van der Waals surface area contributed by atoms with Gasteiger partial charge in [0.25, 0.3) is 0 Å². The average Bonchev–Trinajstić information content (AvgIpc) is 2.39. The maximum Gasteiger partial charge on any atom is 0.311 e. The van der Waals surface area contributed by atoms with Crippen LogP contribution in [0.3, 0.4) is 0 Å². The third kappa shape index (κ3) is 2.78. The number of hydrogen-bond acceptors (Lipinski definition) is 5. The minimum atomic E-state index is -0.451. The van der Waals surface area contributed by atoms with Gasteiger partial charge in [0.2, 0.25) is 5.82 Å². The first-order chi connectivity index (χ1) is 8.70. The molecule has 1 N–H and O–H groups in total. The molecule has 0 bridgehead atoms. The highest BCUT2D eigenvalue weighted by molar-refractivity contribution is 7.98. The van der Waals surface area contributed by atoms with E-state index in [1.54, 1.807) is 17.8 Å². The molecule has 2 rings (SSSR count). The molecule has 0 atom stereocenters. The van der Waals surface area contributed by atoms with Gasteiger partial charge in [0.1, 0.15) is 0 Å². The Hall–Kier alpha value is -2.08. The molecule has 0 unspecified atom stereocenters. The van der Waals surface area contributed by atoms with Crippen molar-refractivity contribution in [3.63, 3.8) is 0 Å². The lowest BCUT2D eigenvalue weighted by Gasteiger charge is -2.06. The van der Waals surface area contributed by atoms with Crippen molar-refractivity contribution in [2.75, 3.05) is 11.6 Å². The molecule has 0 aliphatic rings. The fourth-order valence-electron chi connectivity index (χ4n) is 1.48. The van der Waals surface area contributed by atoms with Gasteiger partial charge in [-0.1, -0.05) is 6.07 Å². The van der Waals surface area contributed by atoms with Crippen LogP contribution in [0.5, 0.6) is 0 Å². The van der Waals surface area contributed by atoms with Gasteiger partial charge >= 0.3 is 5.69 Å². The zero-order valence-corrected chi connectivity index (χ0v) is 10.5. The molecule has 2 aromatic rings. The molecule has 92 valence electrons. The van der Waals surface area contributed by atoms with Crippen molar-refractivity contribution in [2.45, 2.75) is 4.90 Å². The third-order valence-corrected chi connectivity index (χ3v) is 3.04. The third-order valence-electron chi connectivity index (χ3n) is 2.32. The number of anilines is 2. The average molecular weight is 261 g/mol. The Balaban J connectivity index is 2.31. The number of nitro groups is 1. The predicted molar refractivity (Wildman–Crippen MR) is 72.4 cm³/mol. The number of hydrogen-bond donors (Lipinski definition) is 1. The monoisotopic (exact) mass is 261 g/mol. The fraction of sp³-hybridized carbons (Fsp3) is 0.0833. The van der Waals surface area contributed by atoms with Gasteiger partial charge in [0.15, 0.2) is 0 Å². The van der Waals surface area contributed by atoms with Crippen molar-refractivity contribution in [1.82, 2.24) is 4.98 Å². The van der Waals surface area contributed by atoms with Crippen molar-refractivity contribution in [2.24, 2.45) is 0 Å². The Morgan fingerprint density at radius 1 is 1.33 bits per heavy atom. The molecule has 0 amide bonds. The summed E-state index contributed by atoms with van der Waals surface area (Å²) in [7, 11) is 0. The van der Waals surface area contributed by atoms with Gasteiger partial charge in [-0.25, -0.2) is 4.98 Å². The Bertz CT molecular complexity index is 575. The van der Waals surface area contributed by atoms with E-state index >= 15 is 0 Å². The molecule has 18 heavy (non-hydrogen) atoms. The lowest BCUT2D eigenvalue weighted by atomic mass is 10.3. The maximum absolute atomic E-state index is 10.9. The smallest absolute Gasteiger partial charge is 0.311 e. The molecule has 0 fully saturated rings. The van der Waals surface area contributed by atoms with Crippen LogP contribution in [0, 0.1) is 10.1 Å². The second-order valence-corrected chi connectivity index (χ2v) is 4.36. The normalized spacial score (nSPS) is 10.1. The summed E-state index contributed by atoms with van der Waals surface area (Å²) in [6, 6.07) is 10.6. The molecule has 0 aliphatic heterocycles. The van der Waals surface area contributed by atoms with E-state index in [2.05, 4.69) is 10.3 Å². The quantitative estimate of drug-likeness (QED) is 0.518. The Morgan fingerprint density at radius 2 is 2.17 bits per heavy atom. The molecular formula is C12H11N3O2S. The molecule has 0 saturated heterocycles. The highest BCUT2D eigenvalue weighted by Gasteiger charge is 2.13. The number of thioether (sulfide) groups is 1. The first kappa shape index (κ1) is 12.4. The molecule has 1 heterocycles. The van der Waals surface area contributed by atoms with Crippen molar-refractivity contribution in [3.8, 4) is 0 Å². The van der Waals surface area contributed by atoms with E-state index in [1.807, 2.05) is 30.5 Å². The van der Waals surface area contributed by atoms with Crippen LogP contribution in [0.1, 0.15) is 0 Å². The summed E-state index contributed by atoms with van der Waals surface area (Å²) >= 11 is 1.61. The maximum atomic E-state index is 10.9. The number of rotatable bonds is 4. The Morgan fingerprint density at radius 3 is 2.89 bits per heavy atom. The summed E-state index contributed by atoms with van der Waals surface area (Å²) in [6.45, 7) is 0. The minimum Gasteiger partial charge on any atom is -0.334 e. The van der Waals surface area contributed by atoms with Gasteiger partial charge in [-0.15, -0.1) is 11.8 Å². The second kappa shape index (κ2) is 5.50. The number of aromatic nitrogens is 1. The second-order valence-electron chi connectivity index (χ2n) is 3.49. The molecule has 5 nitrogen and oxygen atoms in total. The number of benzene rings is 1. The summed E-state index contributed by atoms with van der Waals surface area (Å²) in [6.07, 6.45) is 3.50. The van der Waals surface area contributed by atoms with Crippen LogP contribution in [0.4, 0.5) is 17.2 Å². The van der Waals surface area contributed by atoms with Crippen LogP contribution in [0.2, 0.25) is 0 Å². The summed E-state index contributed by atoms with van der Waals surface area (Å²) in [5, 5.41) is 13.8. The summed E-state index contributed by atoms with van der Waals surface area (Å²) in [4.78, 5) is 15.5. The zero-order valence-electron chi connectivity index (χ0n) is 9.66. The van der Waals surface area contributed by atoms with Crippen LogP contribution in [0.15, 0.2) is 47.5 Å². The molecule has 6 heteroatoms. The number of nitrogens with one attached hydrogen (secondary N) is 1. The topological polar surface area (TPSA) is 68.1 Å². The summed E-state index contributed by atoms with van der Waals surface area (Å²) in [5.74, 6) is 0.251. The standard InChI is InChI=1S/C12H11N3O2S/c1-18-10-5-2-4-9(8-10)14-12-11(15(16)17)6-3-7-13-12/h2-8H,1H3,(H,13,14). The molecule has 0 radical (unpaired) electrons. The molecule has 1 aromatic heterocycles. The lowest BCUT2D eigenvalue weighted by molar-refractivity contribution is -0.384. The van der Waals surface area contributed by atoms with Gasteiger partial charge in [0.05, 0.1) is 4.92 Å². The van der Waals surface area contributed by atoms with E-state index in [4.69, 9.17) is 0 Å². The Labute approximate surface area is 108 Å². The van der Waals surface area contributed by atoms with Gasteiger partial charge in [-0.2, -0.15) is 0 Å². The minimum absolute atomic E-state index is 0.0351. The number of pyridine rings is 1. The molecule has 1 aromatic carbocycles. The molecular weight excluding hydrogens is 250 g/mol. The van der Waals surface area contributed by atoms with Crippen molar-refractivity contribution >= 4 is 29.0 Å². The molecule has 0 saturated carbocycles. The molecule has 0 spiro atoms. The SMILES string of the molecule is CSc1cccc(Nc2ncccc2[N+](=O)[O-])c1. The first-order valence-corrected chi connectivity index (χ1v) is 6.43. The Kier molecular flexibility index (Phi) is 3.78. The van der Waals surface area contributed by atoms with Crippen LogP contribution in [-0.4, -0.2) is 16.2 Å². The summed E-state index contributed by atoms with van der Waals surface area (Å²) in [5.41, 5.74) is 0.746. The van der Waals surface area contributed by atoms with Crippen molar-refractivity contribution in [3.05, 3.63) is 52.7 Å². The zero-order chi connectivity index (χ0) is 13.0. The van der Waals surface area contributed by atoms with E-state index < -0.39 is 4.92 Å². The van der Waals surface area contributed by atoms with E-state index in [0.29, 0.717) is 0 Å². The summed E-state index contributed by atoms with van der Waals surface area (Å²) < 4.78 is 0. The highest BCUT2D eigenvalue weighted by atomic mass is 32.2. The van der Waals surface area contributed by atoms with E-state index in [1.165, 1.54) is 12.3 Å². The highest BCUT2D eigenvalue weighted by Crippen LogP contribution is 2.26. The largest absolute Gasteiger partial charge is 0.334 e. The molecule has 0 aliphatic carbocycles. The fourth-order valence-corrected chi connectivity index (χ4v) is 1.94. The van der Waals surface area contributed by atoms with Crippen molar-refractivity contribution in [1.29, 1.82) is 0 Å². The lowest BCUT2D eigenvalue weighted by Crippen LogP contribution is -1.99. The predicted octanol–water partition coefficient (Wildman–Crippen LogP) is 3.46. The van der Waals surface area contributed by atoms with Gasteiger partial charge in [0, 0.05) is 22.8 Å². The van der Waals surface area contributed by atoms with Gasteiger partial charge < -0.3 is 5.32 Å². The van der Waals surface area contributed by atoms with E-state index in [0.717, 1.165) is 10.6 Å². The van der Waals surface area contributed by atoms with Crippen LogP contribution < -0.4 is 5.32 Å². The van der Waals surface area contributed by atoms with Crippen LogP contribution in [0.25, 0.3) is 0 Å². The number of nitrogens with zero attached hydrogens (tertiary/aromatic N) is 2. The van der Waals surface area contributed by atoms with Gasteiger partial charge in [-0.3, -0.25) is 10.1 Å². The van der Waals surface area contributed by atoms with E-state index in [9.17, 15) is 10.1 Å². The van der Waals surface area contributed by atoms with Gasteiger partial charge in [-0.05, 0) is 30.5 Å². The van der Waals surface area contributed by atoms with Crippen LogP contribution >= 0.6 is 11.8 Å². The van der Waals surface area contributed by atoms with E-state index in [-0.39, 0.29) is 11.5 Å². The van der Waals surface area contributed by atoms with Crippen molar-refractivity contribution < 1.29 is 4.92 Å².